The topological polar surface area (TPSA) is 63.4 Å². The highest BCUT2D eigenvalue weighted by Gasteiger charge is 2.37. The standard InChI is InChI=1S/C9H14N2O2S/c1-5(2)8(9(10)14)11-6(12)3-4-7(11)13/h5,8H,3-4H2,1-2H3,(H2,10,14). The molecule has 5 heteroatoms. The number of carbonyl (C=O) groups excluding carboxylic acids is 2. The Morgan fingerprint density at radius 2 is 1.79 bits per heavy atom. The van der Waals surface area contributed by atoms with Crippen molar-refractivity contribution in [3.05, 3.63) is 0 Å². The average molecular weight is 214 g/mol. The van der Waals surface area contributed by atoms with E-state index in [2.05, 4.69) is 0 Å². The fourth-order valence-electron chi connectivity index (χ4n) is 1.66. The van der Waals surface area contributed by atoms with E-state index < -0.39 is 6.04 Å². The summed E-state index contributed by atoms with van der Waals surface area (Å²) in [4.78, 5) is 24.3. The molecular formula is C9H14N2O2S. The minimum Gasteiger partial charge on any atom is -0.392 e. The molecule has 1 heterocycles. The molecule has 0 saturated carbocycles. The second kappa shape index (κ2) is 4.04. The van der Waals surface area contributed by atoms with Crippen LogP contribution in [0.25, 0.3) is 0 Å². The number of nitrogens with two attached hydrogens (primary N) is 1. The highest BCUT2D eigenvalue weighted by molar-refractivity contribution is 7.80. The van der Waals surface area contributed by atoms with E-state index in [4.69, 9.17) is 18.0 Å². The van der Waals surface area contributed by atoms with E-state index in [1.165, 1.54) is 4.90 Å². The summed E-state index contributed by atoms with van der Waals surface area (Å²) in [7, 11) is 0. The number of rotatable bonds is 3. The summed E-state index contributed by atoms with van der Waals surface area (Å²) in [6, 6.07) is -0.424. The maximum Gasteiger partial charge on any atom is 0.230 e. The minimum absolute atomic E-state index is 0.0681. The van der Waals surface area contributed by atoms with Crippen LogP contribution in [0.5, 0.6) is 0 Å². The van der Waals surface area contributed by atoms with Crippen molar-refractivity contribution in [2.45, 2.75) is 32.7 Å². The zero-order valence-electron chi connectivity index (χ0n) is 8.32. The van der Waals surface area contributed by atoms with Crippen molar-refractivity contribution in [2.75, 3.05) is 0 Å². The lowest BCUT2D eigenvalue weighted by atomic mass is 10.0. The Balaban J connectivity index is 2.92. The first-order valence-electron chi connectivity index (χ1n) is 4.59. The van der Waals surface area contributed by atoms with E-state index in [0.29, 0.717) is 0 Å². The molecule has 1 rings (SSSR count). The van der Waals surface area contributed by atoms with Crippen molar-refractivity contribution in [3.63, 3.8) is 0 Å². The molecule has 1 fully saturated rings. The third-order valence-corrected chi connectivity index (χ3v) is 2.53. The molecule has 0 spiro atoms. The van der Waals surface area contributed by atoms with Crippen LogP contribution >= 0.6 is 12.2 Å². The van der Waals surface area contributed by atoms with Crippen LogP contribution in [0.15, 0.2) is 0 Å². The van der Waals surface area contributed by atoms with Crippen molar-refractivity contribution in [1.29, 1.82) is 0 Å². The molecule has 1 saturated heterocycles. The van der Waals surface area contributed by atoms with Gasteiger partial charge in [0.2, 0.25) is 11.8 Å². The van der Waals surface area contributed by atoms with Gasteiger partial charge in [0.15, 0.2) is 0 Å². The maximum atomic E-state index is 11.4. The van der Waals surface area contributed by atoms with Crippen LogP contribution in [0.1, 0.15) is 26.7 Å². The van der Waals surface area contributed by atoms with Crippen molar-refractivity contribution in [2.24, 2.45) is 11.7 Å². The maximum absolute atomic E-state index is 11.4. The monoisotopic (exact) mass is 214 g/mol. The average Bonchev–Trinajstić information content (AvgIpc) is 2.34. The Kier molecular flexibility index (Phi) is 3.21. The molecule has 0 radical (unpaired) electrons. The van der Waals surface area contributed by atoms with Crippen LogP contribution in [-0.2, 0) is 9.59 Å². The van der Waals surface area contributed by atoms with E-state index in [9.17, 15) is 9.59 Å². The molecule has 14 heavy (non-hydrogen) atoms. The van der Waals surface area contributed by atoms with E-state index in [-0.39, 0.29) is 35.6 Å². The van der Waals surface area contributed by atoms with Gasteiger partial charge in [-0.25, -0.2) is 0 Å². The molecule has 0 aromatic heterocycles. The molecular weight excluding hydrogens is 200 g/mol. The van der Waals surface area contributed by atoms with Crippen LogP contribution in [0, 0.1) is 5.92 Å². The van der Waals surface area contributed by atoms with E-state index >= 15 is 0 Å². The highest BCUT2D eigenvalue weighted by Crippen LogP contribution is 2.20. The van der Waals surface area contributed by atoms with Gasteiger partial charge in [0.05, 0.1) is 11.0 Å². The highest BCUT2D eigenvalue weighted by atomic mass is 32.1. The van der Waals surface area contributed by atoms with Crippen molar-refractivity contribution < 1.29 is 9.59 Å². The largest absolute Gasteiger partial charge is 0.392 e. The lowest BCUT2D eigenvalue weighted by molar-refractivity contribution is -0.140. The Bertz CT molecular complexity index is 273. The zero-order chi connectivity index (χ0) is 10.9. The predicted octanol–water partition coefficient (Wildman–Crippen LogP) is 0.446. The Morgan fingerprint density at radius 3 is 2.07 bits per heavy atom. The summed E-state index contributed by atoms with van der Waals surface area (Å²) in [5.74, 6) is -0.262. The number of carbonyl (C=O) groups is 2. The van der Waals surface area contributed by atoms with Gasteiger partial charge in [0.1, 0.15) is 0 Å². The second-order valence-electron chi connectivity index (χ2n) is 3.75. The van der Waals surface area contributed by atoms with Gasteiger partial charge in [-0.15, -0.1) is 0 Å². The minimum atomic E-state index is -0.424. The number of nitrogens with zero attached hydrogens (tertiary/aromatic N) is 1. The third-order valence-electron chi connectivity index (χ3n) is 2.29. The van der Waals surface area contributed by atoms with Crippen LogP contribution < -0.4 is 5.73 Å². The van der Waals surface area contributed by atoms with Crippen molar-refractivity contribution >= 4 is 29.0 Å². The Hall–Kier alpha value is -0.970. The lowest BCUT2D eigenvalue weighted by Gasteiger charge is -2.28. The Morgan fingerprint density at radius 1 is 1.36 bits per heavy atom. The van der Waals surface area contributed by atoms with E-state index in [1.807, 2.05) is 13.8 Å². The number of imide groups is 1. The normalized spacial score (nSPS) is 19.2. The Labute approximate surface area is 88.4 Å². The molecule has 1 aliphatic heterocycles. The lowest BCUT2D eigenvalue weighted by Crippen LogP contribution is -2.49. The smallest absolute Gasteiger partial charge is 0.230 e. The molecule has 0 bridgehead atoms. The van der Waals surface area contributed by atoms with Crippen LogP contribution in [0.4, 0.5) is 0 Å². The molecule has 1 unspecified atom stereocenters. The SMILES string of the molecule is CC(C)C(C(N)=S)N1C(=O)CCC1=O. The number of thiocarbonyl (C=S) groups is 1. The van der Waals surface area contributed by atoms with E-state index in [0.717, 1.165) is 0 Å². The number of likely N-dealkylation sites (tertiary alicyclic amines) is 1. The first-order valence-corrected chi connectivity index (χ1v) is 5.00. The summed E-state index contributed by atoms with van der Waals surface area (Å²) in [5.41, 5.74) is 5.53. The molecule has 4 nitrogen and oxygen atoms in total. The third kappa shape index (κ3) is 1.92. The molecule has 0 aromatic rings. The fourth-order valence-corrected chi connectivity index (χ4v) is 2.04. The van der Waals surface area contributed by atoms with Gasteiger partial charge in [-0.2, -0.15) is 0 Å². The van der Waals surface area contributed by atoms with Gasteiger partial charge in [-0.05, 0) is 5.92 Å². The van der Waals surface area contributed by atoms with Gasteiger partial charge in [-0.3, -0.25) is 14.5 Å². The van der Waals surface area contributed by atoms with Gasteiger partial charge >= 0.3 is 0 Å². The van der Waals surface area contributed by atoms with Crippen molar-refractivity contribution in [3.8, 4) is 0 Å². The first-order chi connectivity index (χ1) is 6.45. The van der Waals surface area contributed by atoms with Gasteiger partial charge in [0, 0.05) is 12.8 Å². The predicted molar refractivity (Wildman–Crippen MR) is 56.5 cm³/mol. The molecule has 1 aliphatic rings. The number of hydrogen-bond acceptors (Lipinski definition) is 3. The summed E-state index contributed by atoms with van der Waals surface area (Å²) in [6.45, 7) is 3.78. The quantitative estimate of drug-likeness (QED) is 0.547. The number of amides is 2. The van der Waals surface area contributed by atoms with Gasteiger partial charge in [-0.1, -0.05) is 26.1 Å². The molecule has 1 atom stereocenters. The summed E-state index contributed by atoms with van der Waals surface area (Å²) >= 11 is 4.87. The molecule has 2 amide bonds. The first kappa shape index (κ1) is 11.1. The number of hydrogen-bond donors (Lipinski definition) is 1. The summed E-state index contributed by atoms with van der Waals surface area (Å²) in [6.07, 6.45) is 0.565. The van der Waals surface area contributed by atoms with Crippen LogP contribution in [0.3, 0.4) is 0 Å². The van der Waals surface area contributed by atoms with Gasteiger partial charge < -0.3 is 5.73 Å². The zero-order valence-corrected chi connectivity index (χ0v) is 9.13. The van der Waals surface area contributed by atoms with Crippen LogP contribution in [0.2, 0.25) is 0 Å². The van der Waals surface area contributed by atoms with Crippen molar-refractivity contribution in [1.82, 2.24) is 4.90 Å². The summed E-state index contributed by atoms with van der Waals surface area (Å²) in [5, 5.41) is 0. The van der Waals surface area contributed by atoms with Crippen LogP contribution in [-0.4, -0.2) is 27.7 Å². The summed E-state index contributed by atoms with van der Waals surface area (Å²) < 4.78 is 0. The van der Waals surface area contributed by atoms with E-state index in [1.54, 1.807) is 0 Å². The van der Waals surface area contributed by atoms with Gasteiger partial charge in [0.25, 0.3) is 0 Å². The molecule has 78 valence electrons. The molecule has 0 aliphatic carbocycles. The second-order valence-corrected chi connectivity index (χ2v) is 4.22. The molecule has 2 N–H and O–H groups in total. The molecule has 0 aromatic carbocycles. The fraction of sp³-hybridized carbons (Fsp3) is 0.667.